The van der Waals surface area contributed by atoms with E-state index in [1.165, 1.54) is 13.2 Å². The predicted molar refractivity (Wildman–Crippen MR) is 118 cm³/mol. The Balaban J connectivity index is 1.76. The fourth-order valence-electron chi connectivity index (χ4n) is 4.59. The lowest BCUT2D eigenvalue weighted by molar-refractivity contribution is 0.0599. The summed E-state index contributed by atoms with van der Waals surface area (Å²) in [6.07, 6.45) is 1.25. The molecule has 0 saturated carbocycles. The van der Waals surface area contributed by atoms with Gasteiger partial charge in [-0.2, -0.15) is 0 Å². The van der Waals surface area contributed by atoms with Crippen LogP contribution in [0.3, 0.4) is 0 Å². The topological polar surface area (TPSA) is 68.5 Å². The first-order chi connectivity index (χ1) is 15.1. The Labute approximate surface area is 179 Å². The number of carbonyl (C=O) groups is 2. The van der Waals surface area contributed by atoms with E-state index in [9.17, 15) is 14.7 Å². The van der Waals surface area contributed by atoms with Crippen molar-refractivity contribution in [2.75, 3.05) is 7.11 Å². The molecule has 0 amide bonds. The van der Waals surface area contributed by atoms with Crippen molar-refractivity contribution in [3.63, 3.8) is 0 Å². The molecule has 1 heterocycles. The van der Waals surface area contributed by atoms with Crippen molar-refractivity contribution in [2.24, 2.45) is 0 Å². The summed E-state index contributed by atoms with van der Waals surface area (Å²) in [5, 5.41) is 11.1. The van der Waals surface area contributed by atoms with E-state index in [-0.39, 0.29) is 17.1 Å². The van der Waals surface area contributed by atoms with Crippen LogP contribution >= 0.6 is 0 Å². The number of hydrogen-bond acceptors (Lipinski definition) is 4. The highest BCUT2D eigenvalue weighted by Gasteiger charge is 2.32. The molecule has 1 aliphatic rings. The van der Waals surface area contributed by atoms with Crippen LogP contribution in [0.5, 0.6) is 5.75 Å². The Morgan fingerprint density at radius 1 is 1.03 bits per heavy atom. The maximum absolute atomic E-state index is 13.5. The molecule has 0 saturated heterocycles. The Morgan fingerprint density at radius 2 is 1.77 bits per heavy atom. The second-order valence-corrected chi connectivity index (χ2v) is 7.72. The summed E-state index contributed by atoms with van der Waals surface area (Å²) in [6, 6.07) is 20.9. The van der Waals surface area contributed by atoms with Gasteiger partial charge in [-0.1, -0.05) is 54.6 Å². The summed E-state index contributed by atoms with van der Waals surface area (Å²) in [7, 11) is 1.29. The molecule has 1 N–H and O–H groups in total. The Kier molecular flexibility index (Phi) is 4.59. The van der Waals surface area contributed by atoms with E-state index in [1.807, 2.05) is 47.0 Å². The van der Waals surface area contributed by atoms with Crippen LogP contribution in [0.1, 0.15) is 43.1 Å². The molecule has 0 atom stereocenters. The van der Waals surface area contributed by atoms with Gasteiger partial charge in [0.15, 0.2) is 0 Å². The maximum Gasteiger partial charge on any atom is 0.342 e. The third kappa shape index (κ3) is 3.01. The van der Waals surface area contributed by atoms with Gasteiger partial charge in [0.2, 0.25) is 5.78 Å². The second-order valence-electron chi connectivity index (χ2n) is 7.72. The molecular weight excluding hydrogens is 390 g/mol. The van der Waals surface area contributed by atoms with Gasteiger partial charge in [-0.3, -0.25) is 4.79 Å². The number of carbonyl (C=O) groups excluding carboxylic acids is 2. The molecule has 1 aliphatic carbocycles. The number of esters is 1. The minimum absolute atomic E-state index is 0.0589. The highest BCUT2D eigenvalue weighted by Crippen LogP contribution is 2.39. The number of aromatic hydroxyl groups is 1. The molecule has 5 nitrogen and oxygen atoms in total. The lowest BCUT2D eigenvalue weighted by Crippen LogP contribution is -2.19. The van der Waals surface area contributed by atoms with E-state index < -0.39 is 5.97 Å². The van der Waals surface area contributed by atoms with Gasteiger partial charge in [0.1, 0.15) is 11.3 Å². The Morgan fingerprint density at radius 3 is 2.55 bits per heavy atom. The molecule has 3 aromatic carbocycles. The number of benzene rings is 3. The standard InChI is InChI=1S/C26H21NO4/c1-31-26(30)23-21(28)12-11-20-22(23)19-15-17-9-5-6-10-18(17)25(29)24(19)27(20)14-13-16-7-3-2-4-8-16/h2-12,28H,13-15H2,1H3. The van der Waals surface area contributed by atoms with E-state index in [1.54, 1.807) is 6.07 Å². The Bertz CT molecular complexity index is 1330. The number of rotatable bonds is 4. The molecule has 0 spiro atoms. The Hall–Kier alpha value is -3.86. The monoisotopic (exact) mass is 411 g/mol. The third-order valence-corrected chi connectivity index (χ3v) is 6.01. The summed E-state index contributed by atoms with van der Waals surface area (Å²) >= 11 is 0. The summed E-state index contributed by atoms with van der Waals surface area (Å²) in [4.78, 5) is 26.1. The number of ketones is 1. The summed E-state index contributed by atoms with van der Waals surface area (Å²) in [5.74, 6) is -0.817. The van der Waals surface area contributed by atoms with Crippen LogP contribution in [0, 0.1) is 0 Å². The number of ether oxygens (including phenoxy) is 1. The second kappa shape index (κ2) is 7.43. The maximum atomic E-state index is 13.5. The van der Waals surface area contributed by atoms with Crippen LogP contribution in [0.25, 0.3) is 10.9 Å². The largest absolute Gasteiger partial charge is 0.507 e. The molecule has 0 unspecified atom stereocenters. The van der Waals surface area contributed by atoms with Gasteiger partial charge in [-0.05, 0) is 35.2 Å². The van der Waals surface area contributed by atoms with Gasteiger partial charge in [-0.15, -0.1) is 0 Å². The molecule has 31 heavy (non-hydrogen) atoms. The van der Waals surface area contributed by atoms with Gasteiger partial charge in [0.25, 0.3) is 0 Å². The normalized spacial score (nSPS) is 12.5. The van der Waals surface area contributed by atoms with Gasteiger partial charge >= 0.3 is 5.97 Å². The fourth-order valence-corrected chi connectivity index (χ4v) is 4.59. The molecule has 0 aliphatic heterocycles. The number of aryl methyl sites for hydroxylation is 2. The van der Waals surface area contributed by atoms with E-state index in [0.29, 0.717) is 29.6 Å². The quantitative estimate of drug-likeness (QED) is 0.442. The van der Waals surface area contributed by atoms with Gasteiger partial charge in [0.05, 0.1) is 18.3 Å². The van der Waals surface area contributed by atoms with Crippen LogP contribution in [-0.4, -0.2) is 28.5 Å². The summed E-state index contributed by atoms with van der Waals surface area (Å²) in [5.41, 5.74) is 4.98. The number of phenolic OH excluding ortho intramolecular Hbond substituents is 1. The number of phenols is 1. The minimum atomic E-state index is -0.614. The zero-order valence-electron chi connectivity index (χ0n) is 17.1. The average Bonchev–Trinajstić information content (AvgIpc) is 3.11. The number of methoxy groups -OCH3 is 1. The first-order valence-electron chi connectivity index (χ1n) is 10.2. The highest BCUT2D eigenvalue weighted by molar-refractivity contribution is 6.18. The van der Waals surface area contributed by atoms with Crippen molar-refractivity contribution in [3.8, 4) is 5.75 Å². The van der Waals surface area contributed by atoms with Crippen LogP contribution < -0.4 is 0 Å². The van der Waals surface area contributed by atoms with Crippen molar-refractivity contribution >= 4 is 22.7 Å². The number of hydrogen-bond donors (Lipinski definition) is 1. The molecule has 4 aromatic rings. The van der Waals surface area contributed by atoms with Crippen LogP contribution in [0.2, 0.25) is 0 Å². The number of fused-ring (bicyclic) bond motifs is 4. The van der Waals surface area contributed by atoms with E-state index in [4.69, 9.17) is 4.74 Å². The zero-order chi connectivity index (χ0) is 21.5. The van der Waals surface area contributed by atoms with Gasteiger partial charge in [0, 0.05) is 23.9 Å². The van der Waals surface area contributed by atoms with E-state index in [2.05, 4.69) is 12.1 Å². The van der Waals surface area contributed by atoms with Crippen LogP contribution in [0.4, 0.5) is 0 Å². The molecule has 154 valence electrons. The molecule has 0 fully saturated rings. The fraction of sp³-hybridized carbons (Fsp3) is 0.154. The molecule has 1 aromatic heterocycles. The van der Waals surface area contributed by atoms with Crippen LogP contribution in [-0.2, 0) is 24.1 Å². The predicted octanol–water partition coefficient (Wildman–Crippen LogP) is 4.51. The smallest absolute Gasteiger partial charge is 0.342 e. The van der Waals surface area contributed by atoms with Crippen molar-refractivity contribution in [1.29, 1.82) is 0 Å². The average molecular weight is 411 g/mol. The number of nitrogens with zero attached hydrogens (tertiary/aromatic N) is 1. The SMILES string of the molecule is COC(=O)c1c(O)ccc2c1c1c(n2CCc2ccccc2)C(=O)c2ccccc2C1. The lowest BCUT2D eigenvalue weighted by atomic mass is 9.87. The molecule has 0 bridgehead atoms. The van der Waals surface area contributed by atoms with Crippen LogP contribution in [0.15, 0.2) is 66.7 Å². The van der Waals surface area contributed by atoms with Crippen molar-refractivity contribution < 1.29 is 19.4 Å². The molecule has 0 radical (unpaired) electrons. The van der Waals surface area contributed by atoms with E-state index >= 15 is 0 Å². The first kappa shape index (κ1) is 19.1. The lowest BCUT2D eigenvalue weighted by Gasteiger charge is -2.18. The van der Waals surface area contributed by atoms with E-state index in [0.717, 1.165) is 28.6 Å². The van der Waals surface area contributed by atoms with Crippen molar-refractivity contribution in [2.45, 2.75) is 19.4 Å². The molecule has 5 heteroatoms. The first-order valence-corrected chi connectivity index (χ1v) is 10.2. The molecular formula is C26H21NO4. The summed E-state index contributed by atoms with van der Waals surface area (Å²) in [6.45, 7) is 0.579. The molecule has 5 rings (SSSR count). The third-order valence-electron chi connectivity index (χ3n) is 6.01. The zero-order valence-corrected chi connectivity index (χ0v) is 17.1. The number of aromatic nitrogens is 1. The minimum Gasteiger partial charge on any atom is -0.507 e. The van der Waals surface area contributed by atoms with Gasteiger partial charge < -0.3 is 14.4 Å². The van der Waals surface area contributed by atoms with Crippen molar-refractivity contribution in [1.82, 2.24) is 4.57 Å². The highest BCUT2D eigenvalue weighted by atomic mass is 16.5. The van der Waals surface area contributed by atoms with Crippen molar-refractivity contribution in [3.05, 3.63) is 100 Å². The summed E-state index contributed by atoms with van der Waals surface area (Å²) < 4.78 is 6.95. The van der Waals surface area contributed by atoms with Gasteiger partial charge in [-0.25, -0.2) is 4.79 Å².